The highest BCUT2D eigenvalue weighted by Crippen LogP contribution is 2.32. The summed E-state index contributed by atoms with van der Waals surface area (Å²) in [6.45, 7) is 5.86. The fraction of sp³-hybridized carbons (Fsp3) is 0.579. The molecule has 0 aromatic heterocycles. The topological polar surface area (TPSA) is 64.7 Å². The van der Waals surface area contributed by atoms with Crippen LogP contribution in [0.5, 0.6) is 0 Å². The first-order chi connectivity index (χ1) is 12.1. The minimum absolute atomic E-state index is 0.122. The second kappa shape index (κ2) is 7.87. The Morgan fingerprint density at radius 1 is 1.12 bits per heavy atom. The Labute approximate surface area is 149 Å². The van der Waals surface area contributed by atoms with E-state index in [4.69, 9.17) is 0 Å². The minimum Gasteiger partial charge on any atom is -0.374 e. The van der Waals surface area contributed by atoms with Crippen LogP contribution in [0.3, 0.4) is 0 Å². The third-order valence-corrected chi connectivity index (χ3v) is 5.20. The summed E-state index contributed by atoms with van der Waals surface area (Å²) in [5, 5.41) is 5.36. The number of hydrogen-bond acceptors (Lipinski definition) is 4. The maximum absolute atomic E-state index is 12.0. The van der Waals surface area contributed by atoms with Gasteiger partial charge in [0.15, 0.2) is 0 Å². The van der Waals surface area contributed by atoms with Crippen LogP contribution in [-0.4, -0.2) is 56.5 Å². The number of nitrogens with one attached hydrogen (secondary N) is 2. The number of likely N-dealkylation sites (N-methyl/N-ethyl adjacent to an activating group) is 2. The molecule has 25 heavy (non-hydrogen) atoms. The molecule has 1 saturated heterocycles. The van der Waals surface area contributed by atoms with Crippen molar-refractivity contribution in [3.05, 3.63) is 29.3 Å². The van der Waals surface area contributed by atoms with E-state index >= 15 is 0 Å². The lowest BCUT2D eigenvalue weighted by Crippen LogP contribution is -2.43. The van der Waals surface area contributed by atoms with Gasteiger partial charge in [0.1, 0.15) is 0 Å². The van der Waals surface area contributed by atoms with Crippen LogP contribution < -0.4 is 15.5 Å². The molecule has 0 unspecified atom stereocenters. The SMILES string of the molecule is CCNC(=O)C(=O)NC[C@H](c1ccc2c(c1)CCN2C)N1CCCC1. The maximum atomic E-state index is 12.0. The van der Waals surface area contributed by atoms with Gasteiger partial charge in [-0.3, -0.25) is 14.5 Å². The van der Waals surface area contributed by atoms with Crippen LogP contribution in [0.4, 0.5) is 5.69 Å². The van der Waals surface area contributed by atoms with Crippen LogP contribution in [0.1, 0.15) is 36.9 Å². The third kappa shape index (κ3) is 3.95. The number of benzene rings is 1. The van der Waals surface area contributed by atoms with Gasteiger partial charge in [-0.2, -0.15) is 0 Å². The summed E-state index contributed by atoms with van der Waals surface area (Å²) >= 11 is 0. The summed E-state index contributed by atoms with van der Waals surface area (Å²) in [7, 11) is 2.12. The highest BCUT2D eigenvalue weighted by atomic mass is 16.2. The predicted octanol–water partition coefficient (Wildman–Crippen LogP) is 1.07. The van der Waals surface area contributed by atoms with E-state index in [1.54, 1.807) is 6.92 Å². The van der Waals surface area contributed by atoms with Crippen molar-refractivity contribution in [3.63, 3.8) is 0 Å². The lowest BCUT2D eigenvalue weighted by atomic mass is 10.0. The Morgan fingerprint density at radius 2 is 1.84 bits per heavy atom. The van der Waals surface area contributed by atoms with Crippen molar-refractivity contribution in [2.45, 2.75) is 32.2 Å². The van der Waals surface area contributed by atoms with Gasteiger partial charge in [0, 0.05) is 32.4 Å². The molecule has 2 heterocycles. The predicted molar refractivity (Wildman–Crippen MR) is 98.7 cm³/mol. The first kappa shape index (κ1) is 17.7. The van der Waals surface area contributed by atoms with E-state index in [1.165, 1.54) is 29.7 Å². The van der Waals surface area contributed by atoms with Crippen molar-refractivity contribution in [3.8, 4) is 0 Å². The summed E-state index contributed by atoms with van der Waals surface area (Å²) in [5.41, 5.74) is 3.90. The Kier molecular flexibility index (Phi) is 5.58. The Hall–Kier alpha value is -2.08. The van der Waals surface area contributed by atoms with Crippen molar-refractivity contribution >= 4 is 17.5 Å². The van der Waals surface area contributed by atoms with Gasteiger partial charge in [-0.05, 0) is 56.5 Å². The van der Waals surface area contributed by atoms with Gasteiger partial charge in [0.2, 0.25) is 0 Å². The monoisotopic (exact) mass is 344 g/mol. The molecular formula is C19H28N4O2. The van der Waals surface area contributed by atoms with Crippen molar-refractivity contribution in [1.82, 2.24) is 15.5 Å². The van der Waals surface area contributed by atoms with Crippen molar-refractivity contribution < 1.29 is 9.59 Å². The average molecular weight is 344 g/mol. The number of nitrogens with zero attached hydrogens (tertiary/aromatic N) is 2. The first-order valence-corrected chi connectivity index (χ1v) is 9.24. The Bertz CT molecular complexity index is 640. The summed E-state index contributed by atoms with van der Waals surface area (Å²) in [5.74, 6) is -1.11. The van der Waals surface area contributed by atoms with Gasteiger partial charge in [-0.1, -0.05) is 12.1 Å². The van der Waals surface area contributed by atoms with E-state index in [9.17, 15) is 9.59 Å². The molecule has 1 aromatic carbocycles. The number of anilines is 1. The molecule has 1 aromatic rings. The first-order valence-electron chi connectivity index (χ1n) is 9.24. The second-order valence-corrected chi connectivity index (χ2v) is 6.89. The molecule has 1 fully saturated rings. The number of fused-ring (bicyclic) bond motifs is 1. The van der Waals surface area contributed by atoms with Gasteiger partial charge in [0.25, 0.3) is 0 Å². The zero-order valence-electron chi connectivity index (χ0n) is 15.2. The average Bonchev–Trinajstić information content (AvgIpc) is 3.26. The number of rotatable bonds is 5. The Morgan fingerprint density at radius 3 is 2.56 bits per heavy atom. The minimum atomic E-state index is -0.557. The normalized spacial score (nSPS) is 18.1. The van der Waals surface area contributed by atoms with Gasteiger partial charge in [0.05, 0.1) is 6.04 Å². The molecule has 0 spiro atoms. The van der Waals surface area contributed by atoms with E-state index in [2.05, 4.69) is 45.7 Å². The molecule has 0 aliphatic carbocycles. The number of likely N-dealkylation sites (tertiary alicyclic amines) is 1. The molecule has 2 aliphatic heterocycles. The smallest absolute Gasteiger partial charge is 0.309 e. The van der Waals surface area contributed by atoms with Crippen LogP contribution in [0.2, 0.25) is 0 Å². The standard InChI is InChI=1S/C19H28N4O2/c1-3-20-18(24)19(25)21-13-17(23-9-4-5-10-23)14-6-7-16-15(12-14)8-11-22(16)2/h6-7,12,17H,3-5,8-11,13H2,1-2H3,(H,20,24)(H,21,25)/t17-/m1/s1. The molecule has 2 amide bonds. The van der Waals surface area contributed by atoms with Gasteiger partial charge in [-0.15, -0.1) is 0 Å². The molecule has 2 N–H and O–H groups in total. The van der Waals surface area contributed by atoms with Crippen LogP contribution >= 0.6 is 0 Å². The molecule has 3 rings (SSSR count). The quantitative estimate of drug-likeness (QED) is 0.784. The van der Waals surface area contributed by atoms with Crippen LogP contribution in [0.15, 0.2) is 18.2 Å². The second-order valence-electron chi connectivity index (χ2n) is 6.89. The summed E-state index contributed by atoms with van der Waals surface area (Å²) < 4.78 is 0. The lowest BCUT2D eigenvalue weighted by Gasteiger charge is -2.28. The number of amides is 2. The highest BCUT2D eigenvalue weighted by molar-refractivity contribution is 6.35. The van der Waals surface area contributed by atoms with Gasteiger partial charge in [-0.25, -0.2) is 0 Å². The molecule has 0 saturated carbocycles. The zero-order valence-corrected chi connectivity index (χ0v) is 15.2. The summed E-state index contributed by atoms with van der Waals surface area (Å²) in [4.78, 5) is 28.3. The van der Waals surface area contributed by atoms with Crippen LogP contribution in [-0.2, 0) is 16.0 Å². The molecule has 6 heteroatoms. The molecule has 1 atom stereocenters. The summed E-state index contributed by atoms with van der Waals surface area (Å²) in [6, 6.07) is 6.76. The fourth-order valence-electron chi connectivity index (χ4n) is 3.82. The number of carbonyl (C=O) groups is 2. The number of carbonyl (C=O) groups excluding carboxylic acids is 2. The van der Waals surface area contributed by atoms with E-state index < -0.39 is 11.8 Å². The van der Waals surface area contributed by atoms with Crippen molar-refractivity contribution in [1.29, 1.82) is 0 Å². The molecule has 0 radical (unpaired) electrons. The zero-order chi connectivity index (χ0) is 17.8. The third-order valence-electron chi connectivity index (χ3n) is 5.20. The van der Waals surface area contributed by atoms with E-state index in [1.807, 2.05) is 0 Å². The summed E-state index contributed by atoms with van der Waals surface area (Å²) in [6.07, 6.45) is 3.44. The van der Waals surface area contributed by atoms with Crippen molar-refractivity contribution in [2.75, 3.05) is 44.7 Å². The highest BCUT2D eigenvalue weighted by Gasteiger charge is 2.26. The fourth-order valence-corrected chi connectivity index (χ4v) is 3.82. The van der Waals surface area contributed by atoms with Crippen molar-refractivity contribution in [2.24, 2.45) is 0 Å². The van der Waals surface area contributed by atoms with Crippen LogP contribution in [0.25, 0.3) is 0 Å². The molecular weight excluding hydrogens is 316 g/mol. The molecule has 2 aliphatic rings. The van der Waals surface area contributed by atoms with Crippen LogP contribution in [0, 0.1) is 0 Å². The van der Waals surface area contributed by atoms with E-state index in [0.717, 1.165) is 26.1 Å². The lowest BCUT2D eigenvalue weighted by molar-refractivity contribution is -0.139. The molecule has 0 bridgehead atoms. The van der Waals surface area contributed by atoms with Gasteiger partial charge < -0.3 is 15.5 Å². The van der Waals surface area contributed by atoms with E-state index in [0.29, 0.717) is 13.1 Å². The van der Waals surface area contributed by atoms with E-state index in [-0.39, 0.29) is 6.04 Å². The number of hydrogen-bond donors (Lipinski definition) is 2. The molecule has 136 valence electrons. The molecule has 6 nitrogen and oxygen atoms in total. The maximum Gasteiger partial charge on any atom is 0.309 e. The van der Waals surface area contributed by atoms with Gasteiger partial charge >= 0.3 is 11.8 Å². The largest absolute Gasteiger partial charge is 0.374 e. The Balaban J connectivity index is 1.74.